The van der Waals surface area contributed by atoms with Crippen molar-refractivity contribution in [3.8, 4) is 0 Å². The Morgan fingerprint density at radius 2 is 1.42 bits per heavy atom. The smallest absolute Gasteiger partial charge is 0.261 e. The van der Waals surface area contributed by atoms with E-state index < -0.39 is 8.32 Å². The molecule has 0 amide bonds. The van der Waals surface area contributed by atoms with Gasteiger partial charge in [-0.15, -0.1) is 0 Å². The van der Waals surface area contributed by atoms with Crippen LogP contribution >= 0.6 is 0 Å². The molecule has 0 fully saturated rings. The van der Waals surface area contributed by atoms with E-state index in [1.165, 1.54) is 10.4 Å². The first-order valence-corrected chi connectivity index (χ1v) is 11.2. The molecule has 3 nitrogen and oxygen atoms in total. The summed E-state index contributed by atoms with van der Waals surface area (Å²) in [4.78, 5) is 0. The molecule has 26 heavy (non-hydrogen) atoms. The maximum absolute atomic E-state index is 8.79. The van der Waals surface area contributed by atoms with Gasteiger partial charge in [-0.25, -0.2) is 0 Å². The second-order valence-corrected chi connectivity index (χ2v) is 12.1. The molecule has 0 saturated carbocycles. The number of unbranched alkanes of at least 4 members (excludes halogenated alkanes) is 1. The highest BCUT2D eigenvalue weighted by Crippen LogP contribution is 2.36. The van der Waals surface area contributed by atoms with E-state index >= 15 is 0 Å². The highest BCUT2D eigenvalue weighted by molar-refractivity contribution is 6.99. The molecule has 4 heteroatoms. The predicted molar refractivity (Wildman–Crippen MR) is 112 cm³/mol. The van der Waals surface area contributed by atoms with Gasteiger partial charge >= 0.3 is 0 Å². The molecule has 0 atom stereocenters. The van der Waals surface area contributed by atoms with Gasteiger partial charge in [-0.3, -0.25) is 0 Å². The van der Waals surface area contributed by atoms with Crippen LogP contribution in [0.5, 0.6) is 0 Å². The van der Waals surface area contributed by atoms with E-state index in [0.717, 1.165) is 25.0 Å². The van der Waals surface area contributed by atoms with Gasteiger partial charge < -0.3 is 9.63 Å². The van der Waals surface area contributed by atoms with Gasteiger partial charge in [0.05, 0.1) is 5.71 Å². The van der Waals surface area contributed by atoms with Crippen LogP contribution in [0.3, 0.4) is 0 Å². The zero-order valence-electron chi connectivity index (χ0n) is 16.4. The van der Waals surface area contributed by atoms with Crippen LogP contribution in [0.15, 0.2) is 65.8 Å². The van der Waals surface area contributed by atoms with Crippen LogP contribution in [0.4, 0.5) is 0 Å². The van der Waals surface area contributed by atoms with Crippen molar-refractivity contribution in [1.82, 2.24) is 0 Å². The molecule has 0 aromatic heterocycles. The van der Waals surface area contributed by atoms with Crippen LogP contribution < -0.4 is 10.4 Å². The standard InChI is InChI=1S/C22H31NO2Si/c1-19(23-24)13-11-12-18-25-26(22(2,3)4,20-14-7-5-8-15-20)21-16-9-6-10-17-21/h5-10,14-17,24H,11-13,18H2,1-4H3/b23-19+. The average Bonchev–Trinajstić information content (AvgIpc) is 2.65. The minimum absolute atomic E-state index is 0.0121. The van der Waals surface area contributed by atoms with Gasteiger partial charge in [0.1, 0.15) is 0 Å². The number of hydrogen-bond donors (Lipinski definition) is 1. The predicted octanol–water partition coefficient (Wildman–Crippen LogP) is 4.58. The molecule has 0 unspecified atom stereocenters. The summed E-state index contributed by atoms with van der Waals surface area (Å²) in [6.45, 7) is 9.44. The van der Waals surface area contributed by atoms with Crippen molar-refractivity contribution in [3.05, 3.63) is 60.7 Å². The summed E-state index contributed by atoms with van der Waals surface area (Å²) in [5, 5.41) is 14.7. The Labute approximate surface area is 158 Å². The summed E-state index contributed by atoms with van der Waals surface area (Å²) in [6, 6.07) is 21.4. The zero-order chi connectivity index (χ0) is 19.0. The van der Waals surface area contributed by atoms with Crippen molar-refractivity contribution < 1.29 is 9.63 Å². The molecule has 0 saturated heterocycles. The maximum Gasteiger partial charge on any atom is 0.261 e. The third-order valence-corrected chi connectivity index (χ3v) is 9.88. The zero-order valence-corrected chi connectivity index (χ0v) is 17.4. The van der Waals surface area contributed by atoms with Crippen LogP contribution in [0, 0.1) is 0 Å². The van der Waals surface area contributed by atoms with E-state index in [-0.39, 0.29) is 5.04 Å². The molecule has 2 rings (SSSR count). The molecule has 0 spiro atoms. The molecule has 0 aliphatic heterocycles. The van der Waals surface area contributed by atoms with Crippen LogP contribution in [-0.2, 0) is 4.43 Å². The molecule has 0 bridgehead atoms. The Balaban J connectivity index is 2.32. The number of oxime groups is 1. The van der Waals surface area contributed by atoms with E-state index in [4.69, 9.17) is 9.63 Å². The molecule has 0 aliphatic rings. The molecule has 1 N–H and O–H groups in total. The number of hydrogen-bond acceptors (Lipinski definition) is 3. The lowest BCUT2D eigenvalue weighted by Crippen LogP contribution is -2.66. The fourth-order valence-corrected chi connectivity index (χ4v) is 8.13. The summed E-state index contributed by atoms with van der Waals surface area (Å²) < 4.78 is 6.82. The average molecular weight is 370 g/mol. The second kappa shape index (κ2) is 9.15. The van der Waals surface area contributed by atoms with Crippen LogP contribution in [-0.4, -0.2) is 25.8 Å². The first kappa shape index (κ1) is 20.4. The lowest BCUT2D eigenvalue weighted by molar-refractivity contribution is 0.288. The van der Waals surface area contributed by atoms with Crippen molar-refractivity contribution in [3.63, 3.8) is 0 Å². The molecular weight excluding hydrogens is 338 g/mol. The number of nitrogens with zero attached hydrogens (tertiary/aromatic N) is 1. The first-order chi connectivity index (χ1) is 12.4. The van der Waals surface area contributed by atoms with Gasteiger partial charge in [-0.2, -0.15) is 0 Å². The van der Waals surface area contributed by atoms with Crippen molar-refractivity contribution in [2.75, 3.05) is 6.61 Å². The van der Waals surface area contributed by atoms with E-state index in [2.05, 4.69) is 86.6 Å². The molecule has 140 valence electrons. The van der Waals surface area contributed by atoms with Crippen molar-refractivity contribution >= 4 is 24.4 Å². The lowest BCUT2D eigenvalue weighted by atomic mass is 10.2. The van der Waals surface area contributed by atoms with E-state index in [1.807, 2.05) is 6.92 Å². The SMILES string of the molecule is C/C(CCCCO[Si](c1ccccc1)(c1ccccc1)C(C)(C)C)=N\O. The number of benzene rings is 2. The minimum Gasteiger partial charge on any atom is -0.411 e. The molecule has 2 aromatic carbocycles. The molecule has 0 aliphatic carbocycles. The van der Waals surface area contributed by atoms with Gasteiger partial charge in [0, 0.05) is 6.61 Å². The normalized spacial score (nSPS) is 13.0. The largest absolute Gasteiger partial charge is 0.411 e. The van der Waals surface area contributed by atoms with Crippen molar-refractivity contribution in [1.29, 1.82) is 0 Å². The van der Waals surface area contributed by atoms with Gasteiger partial charge in [-0.05, 0) is 41.6 Å². The summed E-state index contributed by atoms with van der Waals surface area (Å²) >= 11 is 0. The van der Waals surface area contributed by atoms with E-state index in [9.17, 15) is 0 Å². The minimum atomic E-state index is -2.41. The Morgan fingerprint density at radius 3 is 1.85 bits per heavy atom. The third-order valence-electron chi connectivity index (χ3n) is 4.84. The quantitative estimate of drug-likeness (QED) is 0.243. The Morgan fingerprint density at radius 1 is 0.923 bits per heavy atom. The maximum atomic E-state index is 8.79. The van der Waals surface area contributed by atoms with Crippen LogP contribution in [0.1, 0.15) is 47.0 Å². The molecule has 0 heterocycles. The van der Waals surface area contributed by atoms with Crippen LogP contribution in [0.2, 0.25) is 5.04 Å². The molecular formula is C22H31NO2Si. The topological polar surface area (TPSA) is 41.8 Å². The van der Waals surface area contributed by atoms with Gasteiger partial charge in [-0.1, -0.05) is 86.6 Å². The summed E-state index contributed by atoms with van der Waals surface area (Å²) in [5.41, 5.74) is 0.774. The lowest BCUT2D eigenvalue weighted by Gasteiger charge is -2.43. The second-order valence-electron chi connectivity index (χ2n) is 7.80. The summed E-state index contributed by atoms with van der Waals surface area (Å²) in [6.07, 6.45) is 2.73. The Kier molecular flexibility index (Phi) is 7.18. The Bertz CT molecular complexity index is 654. The van der Waals surface area contributed by atoms with Gasteiger partial charge in [0.15, 0.2) is 0 Å². The summed E-state index contributed by atoms with van der Waals surface area (Å²) in [7, 11) is -2.41. The first-order valence-electron chi connectivity index (χ1n) is 9.34. The molecule has 2 aromatic rings. The van der Waals surface area contributed by atoms with Crippen molar-refractivity contribution in [2.45, 2.75) is 52.0 Å². The summed E-state index contributed by atoms with van der Waals surface area (Å²) in [5.74, 6) is 0. The van der Waals surface area contributed by atoms with Crippen LogP contribution in [0.25, 0.3) is 0 Å². The number of rotatable bonds is 8. The monoisotopic (exact) mass is 369 g/mol. The molecule has 0 radical (unpaired) electrons. The van der Waals surface area contributed by atoms with Crippen molar-refractivity contribution in [2.24, 2.45) is 5.16 Å². The van der Waals surface area contributed by atoms with Gasteiger partial charge in [0.2, 0.25) is 0 Å². The highest BCUT2D eigenvalue weighted by atomic mass is 28.4. The fourth-order valence-electron chi connectivity index (χ4n) is 3.52. The van der Waals surface area contributed by atoms with Gasteiger partial charge in [0.25, 0.3) is 8.32 Å². The Hall–Kier alpha value is -1.91. The highest BCUT2D eigenvalue weighted by Gasteiger charge is 2.49. The fraction of sp³-hybridized carbons (Fsp3) is 0.409. The van der Waals surface area contributed by atoms with E-state index in [1.54, 1.807) is 0 Å². The van der Waals surface area contributed by atoms with E-state index in [0.29, 0.717) is 6.61 Å². The third kappa shape index (κ3) is 4.62.